The number of hydrogen-bond donors (Lipinski definition) is 2. The van der Waals surface area contributed by atoms with Crippen molar-refractivity contribution in [2.75, 3.05) is 11.9 Å². The Balaban J connectivity index is 1.74. The van der Waals surface area contributed by atoms with Gasteiger partial charge in [0.15, 0.2) is 17.5 Å². The molecule has 6 nitrogen and oxygen atoms in total. The Kier molecular flexibility index (Phi) is 6.64. The first-order valence-corrected chi connectivity index (χ1v) is 9.71. The molecule has 1 aliphatic carbocycles. The first-order valence-electron chi connectivity index (χ1n) is 9.34. The average molecular weight is 423 g/mol. The minimum atomic E-state index is -1.19. The van der Waals surface area contributed by atoms with E-state index >= 15 is 0 Å². The van der Waals surface area contributed by atoms with Crippen molar-refractivity contribution in [3.63, 3.8) is 0 Å². The molecule has 0 unspecified atom stereocenters. The van der Waals surface area contributed by atoms with Gasteiger partial charge in [0.1, 0.15) is 5.69 Å². The summed E-state index contributed by atoms with van der Waals surface area (Å²) < 4.78 is 26.6. The highest BCUT2D eigenvalue weighted by Crippen LogP contribution is 2.25. The number of benzene rings is 1. The Morgan fingerprint density at radius 3 is 2.62 bits per heavy atom. The van der Waals surface area contributed by atoms with Crippen molar-refractivity contribution in [1.82, 2.24) is 15.1 Å². The van der Waals surface area contributed by atoms with Gasteiger partial charge in [-0.2, -0.15) is 5.10 Å². The van der Waals surface area contributed by atoms with Gasteiger partial charge in [-0.1, -0.05) is 36.9 Å². The maximum absolute atomic E-state index is 13.4. The third kappa shape index (κ3) is 4.82. The van der Waals surface area contributed by atoms with Gasteiger partial charge < -0.3 is 10.2 Å². The van der Waals surface area contributed by atoms with E-state index in [1.165, 1.54) is 12.5 Å². The van der Waals surface area contributed by atoms with Crippen LogP contribution < -0.4 is 5.32 Å². The van der Waals surface area contributed by atoms with E-state index in [2.05, 4.69) is 22.1 Å². The molecule has 1 aromatic heterocycles. The maximum Gasteiger partial charge on any atom is 0.272 e. The Morgan fingerprint density at radius 1 is 1.24 bits per heavy atom. The third-order valence-electron chi connectivity index (χ3n) is 4.91. The van der Waals surface area contributed by atoms with Crippen LogP contribution in [0.5, 0.6) is 0 Å². The first-order chi connectivity index (χ1) is 13.9. The Morgan fingerprint density at radius 2 is 1.93 bits per heavy atom. The number of aromatic amines is 1. The Labute approximate surface area is 171 Å². The number of hydrogen-bond acceptors (Lipinski definition) is 3. The maximum atomic E-state index is 13.4. The van der Waals surface area contributed by atoms with Crippen LogP contribution in [0.1, 0.15) is 53.0 Å². The molecule has 0 aliphatic heterocycles. The third-order valence-corrected chi connectivity index (χ3v) is 5.22. The molecule has 0 spiro atoms. The molecule has 1 aromatic carbocycles. The summed E-state index contributed by atoms with van der Waals surface area (Å²) in [6.07, 6.45) is 6.86. The van der Waals surface area contributed by atoms with Crippen LogP contribution in [0, 0.1) is 11.6 Å². The normalized spacial score (nSPS) is 14.4. The molecule has 1 heterocycles. The molecule has 154 valence electrons. The molecule has 29 heavy (non-hydrogen) atoms. The van der Waals surface area contributed by atoms with Crippen molar-refractivity contribution in [1.29, 1.82) is 0 Å². The molecule has 2 N–H and O–H groups in total. The van der Waals surface area contributed by atoms with Gasteiger partial charge in [0.05, 0.1) is 10.6 Å². The van der Waals surface area contributed by atoms with Gasteiger partial charge >= 0.3 is 0 Å². The zero-order valence-electron chi connectivity index (χ0n) is 15.7. The zero-order chi connectivity index (χ0) is 21.0. The van der Waals surface area contributed by atoms with Crippen LogP contribution in [0.4, 0.5) is 14.6 Å². The predicted molar refractivity (Wildman–Crippen MR) is 106 cm³/mol. The van der Waals surface area contributed by atoms with Crippen molar-refractivity contribution < 1.29 is 18.4 Å². The lowest BCUT2D eigenvalue weighted by molar-refractivity contribution is 0.0656. The second-order valence-electron chi connectivity index (χ2n) is 6.91. The summed E-state index contributed by atoms with van der Waals surface area (Å²) >= 11 is 5.81. The van der Waals surface area contributed by atoms with Gasteiger partial charge in [-0.05, 0) is 25.0 Å². The number of halogens is 3. The number of nitrogens with zero attached hydrogens (tertiary/aromatic N) is 2. The van der Waals surface area contributed by atoms with E-state index in [1.807, 2.05) is 0 Å². The number of amides is 2. The van der Waals surface area contributed by atoms with E-state index < -0.39 is 17.5 Å². The van der Waals surface area contributed by atoms with Gasteiger partial charge in [0.2, 0.25) is 0 Å². The second kappa shape index (κ2) is 9.17. The summed E-state index contributed by atoms with van der Waals surface area (Å²) in [5, 5.41) is 8.73. The fourth-order valence-corrected chi connectivity index (χ4v) is 3.70. The van der Waals surface area contributed by atoms with Gasteiger partial charge in [-0.25, -0.2) is 8.78 Å². The van der Waals surface area contributed by atoms with E-state index in [0.717, 1.165) is 31.7 Å². The predicted octanol–water partition coefficient (Wildman–Crippen LogP) is 4.55. The molecule has 1 aliphatic rings. The van der Waals surface area contributed by atoms with Gasteiger partial charge in [-0.3, -0.25) is 14.7 Å². The number of H-pyrrole nitrogens is 1. The number of aromatic nitrogens is 2. The summed E-state index contributed by atoms with van der Waals surface area (Å²) in [6.45, 7) is 4.14. The van der Waals surface area contributed by atoms with Crippen LogP contribution in [-0.2, 0) is 0 Å². The van der Waals surface area contributed by atoms with E-state index in [1.54, 1.807) is 11.0 Å². The second-order valence-corrected chi connectivity index (χ2v) is 7.31. The molecule has 2 amide bonds. The molecular formula is C20H21ClF2N4O2. The molecule has 2 aromatic rings. The van der Waals surface area contributed by atoms with Crippen molar-refractivity contribution in [3.8, 4) is 0 Å². The van der Waals surface area contributed by atoms with E-state index in [0.29, 0.717) is 12.6 Å². The van der Waals surface area contributed by atoms with Crippen LogP contribution in [0.2, 0.25) is 5.02 Å². The highest BCUT2D eigenvalue weighted by atomic mass is 35.5. The minimum Gasteiger partial charge on any atom is -0.331 e. The zero-order valence-corrected chi connectivity index (χ0v) is 16.4. The summed E-state index contributed by atoms with van der Waals surface area (Å²) in [5.41, 5.74) is -0.0268. The van der Waals surface area contributed by atoms with Crippen LogP contribution in [0.25, 0.3) is 0 Å². The molecule has 9 heteroatoms. The molecule has 0 radical (unpaired) electrons. The fourth-order valence-electron chi connectivity index (χ4n) is 3.46. The van der Waals surface area contributed by atoms with Gasteiger partial charge in [-0.15, -0.1) is 6.58 Å². The monoisotopic (exact) mass is 422 g/mol. The van der Waals surface area contributed by atoms with Crippen molar-refractivity contribution >= 4 is 29.2 Å². The van der Waals surface area contributed by atoms with E-state index in [4.69, 9.17) is 11.6 Å². The van der Waals surface area contributed by atoms with E-state index in [-0.39, 0.29) is 34.0 Å². The fraction of sp³-hybridized carbons (Fsp3) is 0.350. The molecule has 3 rings (SSSR count). The first kappa shape index (κ1) is 21.0. The standard InChI is InChI=1S/C20H21ClF2N4O2/c1-2-8-27(12-6-4-3-5-7-12)20(29)17-11-18(26-25-17)24-19(28)13-9-15(22)16(23)10-14(13)21/h2,9-12H,1,3-8H2,(H2,24,25,26,28). The molecule has 1 saturated carbocycles. The smallest absolute Gasteiger partial charge is 0.272 e. The largest absolute Gasteiger partial charge is 0.331 e. The van der Waals surface area contributed by atoms with Crippen LogP contribution >= 0.6 is 11.6 Å². The lowest BCUT2D eigenvalue weighted by Crippen LogP contribution is -2.41. The number of anilines is 1. The van der Waals surface area contributed by atoms with Crippen molar-refractivity contribution in [3.05, 3.63) is 58.8 Å². The van der Waals surface area contributed by atoms with Crippen molar-refractivity contribution in [2.45, 2.75) is 38.1 Å². The Bertz CT molecular complexity index is 925. The van der Waals surface area contributed by atoms with Gasteiger partial charge in [0, 0.05) is 18.7 Å². The topological polar surface area (TPSA) is 78.1 Å². The van der Waals surface area contributed by atoms with Gasteiger partial charge in [0.25, 0.3) is 11.8 Å². The SMILES string of the molecule is C=CCN(C(=O)c1cc(NC(=O)c2cc(F)c(F)cc2Cl)n[nH]1)C1CCCCC1. The molecule has 0 saturated heterocycles. The van der Waals surface area contributed by atoms with Crippen LogP contribution in [0.15, 0.2) is 30.9 Å². The molecule has 1 fully saturated rings. The number of rotatable bonds is 6. The van der Waals surface area contributed by atoms with Crippen molar-refractivity contribution in [2.24, 2.45) is 0 Å². The number of carbonyl (C=O) groups excluding carboxylic acids is 2. The average Bonchev–Trinajstić information content (AvgIpc) is 3.17. The highest BCUT2D eigenvalue weighted by Gasteiger charge is 2.27. The lowest BCUT2D eigenvalue weighted by atomic mass is 9.94. The summed E-state index contributed by atoms with van der Waals surface area (Å²) in [4.78, 5) is 27.0. The summed E-state index contributed by atoms with van der Waals surface area (Å²) in [6, 6.07) is 2.97. The molecule has 0 atom stereocenters. The lowest BCUT2D eigenvalue weighted by Gasteiger charge is -2.33. The Hall–Kier alpha value is -2.74. The van der Waals surface area contributed by atoms with E-state index in [9.17, 15) is 18.4 Å². The quantitative estimate of drug-likeness (QED) is 0.529. The highest BCUT2D eigenvalue weighted by molar-refractivity contribution is 6.34. The number of carbonyl (C=O) groups is 2. The molecular weight excluding hydrogens is 402 g/mol. The molecule has 0 bridgehead atoms. The summed E-state index contributed by atoms with van der Waals surface area (Å²) in [5.74, 6) is -3.28. The van der Waals surface area contributed by atoms with Crippen LogP contribution in [0.3, 0.4) is 0 Å². The van der Waals surface area contributed by atoms with Crippen LogP contribution in [-0.4, -0.2) is 39.5 Å². The summed E-state index contributed by atoms with van der Waals surface area (Å²) in [7, 11) is 0. The minimum absolute atomic E-state index is 0.0707. The number of nitrogens with one attached hydrogen (secondary N) is 2.